The number of carbonyl (C=O) groups is 2. The third-order valence-corrected chi connectivity index (χ3v) is 7.13. The Balaban J connectivity index is 1.56. The number of anilines is 1. The highest BCUT2D eigenvalue weighted by Gasteiger charge is 2.30. The van der Waals surface area contributed by atoms with Crippen LogP contribution in [0, 0.1) is 5.92 Å². The van der Waals surface area contributed by atoms with E-state index in [9.17, 15) is 22.8 Å². The minimum absolute atomic E-state index is 0.0209. The predicted molar refractivity (Wildman–Crippen MR) is 149 cm³/mol. The largest absolute Gasteiger partial charge is 0.416 e. The highest BCUT2D eigenvalue weighted by atomic mass is 19.4. The van der Waals surface area contributed by atoms with E-state index in [1.807, 2.05) is 36.9 Å². The Morgan fingerprint density at radius 3 is 2.31 bits per heavy atom. The van der Waals surface area contributed by atoms with Crippen molar-refractivity contribution in [1.29, 1.82) is 0 Å². The van der Waals surface area contributed by atoms with Gasteiger partial charge < -0.3 is 20.4 Å². The third kappa shape index (κ3) is 9.27. The van der Waals surface area contributed by atoms with Gasteiger partial charge in [0.1, 0.15) is 0 Å². The number of urea groups is 1. The van der Waals surface area contributed by atoms with Crippen molar-refractivity contribution in [3.8, 4) is 0 Å². The molecule has 214 valence electrons. The molecule has 39 heavy (non-hydrogen) atoms. The Morgan fingerprint density at radius 2 is 1.72 bits per heavy atom. The maximum absolute atomic E-state index is 12.8. The molecule has 1 atom stereocenters. The summed E-state index contributed by atoms with van der Waals surface area (Å²) in [6, 6.07) is 12.3. The van der Waals surface area contributed by atoms with Gasteiger partial charge in [-0.15, -0.1) is 0 Å². The number of nitrogens with zero attached hydrogens (tertiary/aromatic N) is 2. The van der Waals surface area contributed by atoms with Gasteiger partial charge in [-0.25, -0.2) is 4.79 Å². The zero-order valence-electron chi connectivity index (χ0n) is 23.4. The van der Waals surface area contributed by atoms with Crippen LogP contribution in [0.2, 0.25) is 0 Å². The molecule has 1 fully saturated rings. The highest BCUT2D eigenvalue weighted by Crippen LogP contribution is 2.29. The van der Waals surface area contributed by atoms with Gasteiger partial charge in [0, 0.05) is 43.0 Å². The van der Waals surface area contributed by atoms with E-state index in [2.05, 4.69) is 29.4 Å². The molecule has 6 nitrogen and oxygen atoms in total. The summed E-state index contributed by atoms with van der Waals surface area (Å²) in [5.74, 6) is 0.0893. The summed E-state index contributed by atoms with van der Waals surface area (Å²) in [5, 5.41) is 5.78. The minimum Gasteiger partial charge on any atom is -0.336 e. The molecule has 2 aromatic rings. The number of hydrogen-bond acceptors (Lipinski definition) is 3. The van der Waals surface area contributed by atoms with Crippen LogP contribution in [0.3, 0.4) is 0 Å². The van der Waals surface area contributed by atoms with Gasteiger partial charge in [0.2, 0.25) is 0 Å². The molecule has 1 aliphatic heterocycles. The van der Waals surface area contributed by atoms with Crippen LogP contribution in [0.1, 0.15) is 68.4 Å². The zero-order valence-corrected chi connectivity index (χ0v) is 23.4. The van der Waals surface area contributed by atoms with E-state index in [1.54, 1.807) is 6.07 Å². The summed E-state index contributed by atoms with van der Waals surface area (Å²) < 4.78 is 38.4. The average Bonchev–Trinajstić information content (AvgIpc) is 2.88. The third-order valence-electron chi connectivity index (χ3n) is 7.13. The lowest BCUT2D eigenvalue weighted by Gasteiger charge is -2.37. The standard InChI is InChI=1S/C30H41F3N4O2/c1-5-15-37(20-23-13-16-36(17-14-23)29(39)34-21(2)3)22(4)18-24-7-6-8-27(19-24)35-28(38)25-9-11-26(12-10-25)30(31,32)33/h6-12,19,21-23H,5,13-18,20H2,1-4H3,(H,34,39)(H,35,38). The van der Waals surface area contributed by atoms with E-state index in [1.165, 1.54) is 12.1 Å². The van der Waals surface area contributed by atoms with Gasteiger partial charge in [-0.1, -0.05) is 19.1 Å². The topological polar surface area (TPSA) is 64.7 Å². The van der Waals surface area contributed by atoms with E-state index in [4.69, 9.17) is 0 Å². The van der Waals surface area contributed by atoms with Crippen LogP contribution < -0.4 is 10.6 Å². The number of halogens is 3. The van der Waals surface area contributed by atoms with Crippen LogP contribution in [0.4, 0.5) is 23.7 Å². The van der Waals surface area contributed by atoms with Gasteiger partial charge in [0.05, 0.1) is 5.56 Å². The van der Waals surface area contributed by atoms with E-state index in [0.29, 0.717) is 11.6 Å². The maximum atomic E-state index is 12.8. The summed E-state index contributed by atoms with van der Waals surface area (Å²) in [5.41, 5.74) is 1.07. The van der Waals surface area contributed by atoms with E-state index in [0.717, 1.165) is 69.6 Å². The monoisotopic (exact) mass is 546 g/mol. The van der Waals surface area contributed by atoms with Crippen LogP contribution in [0.25, 0.3) is 0 Å². The van der Waals surface area contributed by atoms with Crippen molar-refractivity contribution < 1.29 is 22.8 Å². The molecule has 1 heterocycles. The maximum Gasteiger partial charge on any atom is 0.416 e. The second kappa shape index (κ2) is 13.8. The molecule has 0 aliphatic carbocycles. The van der Waals surface area contributed by atoms with Gasteiger partial charge in [-0.3, -0.25) is 4.79 Å². The number of rotatable bonds is 10. The van der Waals surface area contributed by atoms with Crippen molar-refractivity contribution in [2.24, 2.45) is 5.92 Å². The summed E-state index contributed by atoms with van der Waals surface area (Å²) in [7, 11) is 0. The van der Waals surface area contributed by atoms with Gasteiger partial charge in [-0.05, 0) is 101 Å². The summed E-state index contributed by atoms with van der Waals surface area (Å²) in [4.78, 5) is 29.4. The molecule has 0 saturated carbocycles. The smallest absolute Gasteiger partial charge is 0.336 e. The number of likely N-dealkylation sites (tertiary alicyclic amines) is 1. The molecule has 0 spiro atoms. The first-order valence-electron chi connectivity index (χ1n) is 13.8. The Bertz CT molecular complexity index is 1080. The predicted octanol–water partition coefficient (Wildman–Crippen LogP) is 6.43. The van der Waals surface area contributed by atoms with Crippen LogP contribution >= 0.6 is 0 Å². The Labute approximate surface area is 229 Å². The van der Waals surface area contributed by atoms with Crippen LogP contribution in [-0.4, -0.2) is 60.0 Å². The van der Waals surface area contributed by atoms with Gasteiger partial charge in [0.25, 0.3) is 5.91 Å². The Morgan fingerprint density at radius 1 is 1.05 bits per heavy atom. The van der Waals surface area contributed by atoms with Crippen molar-refractivity contribution in [1.82, 2.24) is 15.1 Å². The molecule has 0 aromatic heterocycles. The molecule has 0 radical (unpaired) electrons. The quantitative estimate of drug-likeness (QED) is 0.361. The number of piperidine rings is 1. The Hall–Kier alpha value is -3.07. The average molecular weight is 547 g/mol. The molecule has 3 amide bonds. The molecule has 0 bridgehead atoms. The summed E-state index contributed by atoms with van der Waals surface area (Å²) in [6.07, 6.45) is -0.607. The van der Waals surface area contributed by atoms with Gasteiger partial charge >= 0.3 is 12.2 Å². The van der Waals surface area contributed by atoms with Gasteiger partial charge in [-0.2, -0.15) is 13.2 Å². The van der Waals surface area contributed by atoms with Crippen molar-refractivity contribution in [3.05, 3.63) is 65.2 Å². The van der Waals surface area contributed by atoms with E-state index in [-0.39, 0.29) is 23.7 Å². The van der Waals surface area contributed by atoms with Crippen molar-refractivity contribution in [2.75, 3.05) is 31.5 Å². The normalized spacial score (nSPS) is 15.5. The number of amides is 3. The first-order valence-corrected chi connectivity index (χ1v) is 13.8. The second-order valence-corrected chi connectivity index (χ2v) is 10.8. The first-order chi connectivity index (χ1) is 18.5. The lowest BCUT2D eigenvalue weighted by molar-refractivity contribution is -0.137. The minimum atomic E-state index is -4.44. The molecule has 9 heteroatoms. The SMILES string of the molecule is CCCN(CC1CCN(C(=O)NC(C)C)CC1)C(C)Cc1cccc(NC(=O)c2ccc(C(F)(F)F)cc2)c1. The lowest BCUT2D eigenvalue weighted by Crippen LogP contribution is -2.48. The molecule has 2 N–H and O–H groups in total. The number of benzene rings is 2. The van der Waals surface area contributed by atoms with Crippen LogP contribution in [0.15, 0.2) is 48.5 Å². The second-order valence-electron chi connectivity index (χ2n) is 10.8. The van der Waals surface area contributed by atoms with Crippen molar-refractivity contribution in [2.45, 2.75) is 71.6 Å². The van der Waals surface area contributed by atoms with Crippen LogP contribution in [-0.2, 0) is 12.6 Å². The molecule has 1 saturated heterocycles. The van der Waals surface area contributed by atoms with Crippen LogP contribution in [0.5, 0.6) is 0 Å². The number of nitrogens with one attached hydrogen (secondary N) is 2. The molecular weight excluding hydrogens is 505 g/mol. The fourth-order valence-corrected chi connectivity index (χ4v) is 5.03. The molecule has 2 aromatic carbocycles. The Kier molecular flexibility index (Phi) is 10.8. The molecule has 3 rings (SSSR count). The van der Waals surface area contributed by atoms with E-state index < -0.39 is 17.6 Å². The van der Waals surface area contributed by atoms with Gasteiger partial charge in [0.15, 0.2) is 0 Å². The molecule has 1 aliphatic rings. The zero-order chi connectivity index (χ0) is 28.6. The molecular formula is C30H41F3N4O2. The number of hydrogen-bond donors (Lipinski definition) is 2. The van der Waals surface area contributed by atoms with E-state index >= 15 is 0 Å². The molecule has 1 unspecified atom stereocenters. The van der Waals surface area contributed by atoms with Crippen molar-refractivity contribution in [3.63, 3.8) is 0 Å². The fraction of sp³-hybridized carbons (Fsp3) is 0.533. The summed E-state index contributed by atoms with van der Waals surface area (Å²) in [6.45, 7) is 11.9. The first kappa shape index (κ1) is 30.5. The van der Waals surface area contributed by atoms with Crippen molar-refractivity contribution >= 4 is 17.6 Å². The lowest BCUT2D eigenvalue weighted by atomic mass is 9.95. The number of alkyl halides is 3. The number of carbonyl (C=O) groups excluding carboxylic acids is 2. The summed E-state index contributed by atoms with van der Waals surface area (Å²) >= 11 is 0. The highest BCUT2D eigenvalue weighted by molar-refractivity contribution is 6.04. The fourth-order valence-electron chi connectivity index (χ4n) is 5.03.